The number of benzene rings is 2. The normalized spacial score (nSPS) is 10.4. The van der Waals surface area contributed by atoms with Gasteiger partial charge in [0.25, 0.3) is 5.91 Å². The molecule has 2 aromatic rings. The van der Waals surface area contributed by atoms with Gasteiger partial charge in [-0.25, -0.2) is 0 Å². The number of carbonyl (C=O) groups excluding carboxylic acids is 1. The minimum atomic E-state index is -0.232. The maximum atomic E-state index is 11.7. The van der Waals surface area contributed by atoms with Crippen LogP contribution in [0, 0.1) is 6.92 Å². The van der Waals surface area contributed by atoms with Gasteiger partial charge in [-0.15, -0.1) is 0 Å². The van der Waals surface area contributed by atoms with Crippen LogP contribution in [0.15, 0.2) is 59.8 Å². The molecule has 0 saturated heterocycles. The van der Waals surface area contributed by atoms with E-state index in [0.717, 1.165) is 16.8 Å². The molecule has 20 heavy (non-hydrogen) atoms. The van der Waals surface area contributed by atoms with Crippen LogP contribution in [-0.4, -0.2) is 18.7 Å². The van der Waals surface area contributed by atoms with Gasteiger partial charge in [-0.1, -0.05) is 53.7 Å². The Morgan fingerprint density at radius 2 is 1.85 bits per heavy atom. The minimum absolute atomic E-state index is 0.113. The van der Waals surface area contributed by atoms with Crippen LogP contribution in [0.25, 0.3) is 0 Å². The number of nitrogens with zero attached hydrogens (tertiary/aromatic N) is 1. The minimum Gasteiger partial charge on any atom is -0.386 e. The number of rotatable bonds is 5. The van der Waals surface area contributed by atoms with Crippen molar-refractivity contribution in [2.24, 2.45) is 5.16 Å². The van der Waals surface area contributed by atoms with Gasteiger partial charge in [0.2, 0.25) is 0 Å². The van der Waals surface area contributed by atoms with Crippen LogP contribution in [0.3, 0.4) is 0 Å². The first-order chi connectivity index (χ1) is 9.75. The van der Waals surface area contributed by atoms with E-state index in [1.807, 2.05) is 61.5 Å². The predicted molar refractivity (Wildman–Crippen MR) is 79.8 cm³/mol. The smallest absolute Gasteiger partial charge is 0.265 e. The van der Waals surface area contributed by atoms with E-state index in [9.17, 15) is 4.79 Å². The van der Waals surface area contributed by atoms with E-state index in [1.54, 1.807) is 6.21 Å². The summed E-state index contributed by atoms with van der Waals surface area (Å²) in [5.74, 6) is -0.232. The largest absolute Gasteiger partial charge is 0.386 e. The lowest BCUT2D eigenvalue weighted by Crippen LogP contribution is -2.17. The summed E-state index contributed by atoms with van der Waals surface area (Å²) in [4.78, 5) is 16.6. The third kappa shape index (κ3) is 4.24. The van der Waals surface area contributed by atoms with E-state index in [4.69, 9.17) is 4.84 Å². The Morgan fingerprint density at radius 1 is 1.15 bits per heavy atom. The highest BCUT2D eigenvalue weighted by molar-refractivity contribution is 5.92. The third-order valence-electron chi connectivity index (χ3n) is 2.69. The molecule has 0 radical (unpaired) electrons. The van der Waals surface area contributed by atoms with Crippen LogP contribution in [0.4, 0.5) is 5.69 Å². The number of carbonyl (C=O) groups is 1. The van der Waals surface area contributed by atoms with Crippen molar-refractivity contribution in [1.29, 1.82) is 0 Å². The highest BCUT2D eigenvalue weighted by Crippen LogP contribution is 2.12. The first-order valence-electron chi connectivity index (χ1n) is 6.31. The standard InChI is InChI=1S/C16H16N2O2/c1-13-7-5-6-10-15(13)18-16(19)12-20-17-11-14-8-3-2-4-9-14/h2-11H,12H2,1H3,(H,18,19)/b17-11+. The average Bonchev–Trinajstić information content (AvgIpc) is 2.47. The van der Waals surface area contributed by atoms with Crippen LogP contribution in [-0.2, 0) is 9.63 Å². The van der Waals surface area contributed by atoms with Gasteiger partial charge in [0.15, 0.2) is 6.61 Å². The van der Waals surface area contributed by atoms with Crippen LogP contribution in [0.5, 0.6) is 0 Å². The summed E-state index contributed by atoms with van der Waals surface area (Å²) < 4.78 is 0. The molecular formula is C16H16N2O2. The van der Waals surface area contributed by atoms with Crippen molar-refractivity contribution in [2.45, 2.75) is 6.92 Å². The molecule has 0 bridgehead atoms. The van der Waals surface area contributed by atoms with Crippen molar-refractivity contribution in [3.8, 4) is 0 Å². The van der Waals surface area contributed by atoms with Crippen molar-refractivity contribution in [3.63, 3.8) is 0 Å². The lowest BCUT2D eigenvalue weighted by atomic mass is 10.2. The highest BCUT2D eigenvalue weighted by atomic mass is 16.6. The van der Waals surface area contributed by atoms with E-state index in [-0.39, 0.29) is 12.5 Å². The number of nitrogens with one attached hydrogen (secondary N) is 1. The van der Waals surface area contributed by atoms with Gasteiger partial charge in [0, 0.05) is 5.69 Å². The van der Waals surface area contributed by atoms with Gasteiger partial charge in [-0.3, -0.25) is 4.79 Å². The number of hydrogen-bond acceptors (Lipinski definition) is 3. The van der Waals surface area contributed by atoms with Crippen LogP contribution in [0.2, 0.25) is 0 Å². The Labute approximate surface area is 118 Å². The third-order valence-corrected chi connectivity index (χ3v) is 2.69. The molecule has 0 aliphatic rings. The summed E-state index contributed by atoms with van der Waals surface area (Å²) in [5.41, 5.74) is 2.72. The summed E-state index contributed by atoms with van der Waals surface area (Å²) in [6.07, 6.45) is 1.57. The first kappa shape index (κ1) is 13.8. The molecule has 2 aromatic carbocycles. The molecule has 0 heterocycles. The van der Waals surface area contributed by atoms with Gasteiger partial charge in [0.05, 0.1) is 6.21 Å². The Bertz CT molecular complexity index is 594. The zero-order chi connectivity index (χ0) is 14.2. The number of anilines is 1. The fourth-order valence-corrected chi connectivity index (χ4v) is 1.63. The van der Waals surface area contributed by atoms with E-state index >= 15 is 0 Å². The van der Waals surface area contributed by atoms with Crippen molar-refractivity contribution >= 4 is 17.8 Å². The van der Waals surface area contributed by atoms with Crippen molar-refractivity contribution in [2.75, 3.05) is 11.9 Å². The topological polar surface area (TPSA) is 50.7 Å². The van der Waals surface area contributed by atoms with Gasteiger partial charge < -0.3 is 10.2 Å². The zero-order valence-corrected chi connectivity index (χ0v) is 11.2. The Morgan fingerprint density at radius 3 is 2.60 bits per heavy atom. The molecule has 1 amide bonds. The summed E-state index contributed by atoms with van der Waals surface area (Å²) >= 11 is 0. The maximum absolute atomic E-state index is 11.7. The van der Waals surface area contributed by atoms with E-state index < -0.39 is 0 Å². The Balaban J connectivity index is 1.79. The molecule has 4 heteroatoms. The van der Waals surface area contributed by atoms with Crippen LogP contribution < -0.4 is 5.32 Å². The molecular weight excluding hydrogens is 252 g/mol. The number of amides is 1. The second-order valence-corrected chi connectivity index (χ2v) is 4.28. The van der Waals surface area contributed by atoms with Crippen molar-refractivity contribution in [1.82, 2.24) is 0 Å². The SMILES string of the molecule is Cc1ccccc1NC(=O)CO/N=C/c1ccccc1. The molecule has 0 saturated carbocycles. The molecule has 0 unspecified atom stereocenters. The molecule has 0 aliphatic carbocycles. The van der Waals surface area contributed by atoms with E-state index in [1.165, 1.54) is 0 Å². The average molecular weight is 268 g/mol. The second-order valence-electron chi connectivity index (χ2n) is 4.28. The van der Waals surface area contributed by atoms with Gasteiger partial charge in [-0.2, -0.15) is 0 Å². The second kappa shape index (κ2) is 7.09. The monoisotopic (exact) mass is 268 g/mol. The lowest BCUT2D eigenvalue weighted by molar-refractivity contribution is -0.120. The predicted octanol–water partition coefficient (Wildman–Crippen LogP) is 2.98. The van der Waals surface area contributed by atoms with E-state index in [2.05, 4.69) is 10.5 Å². The lowest BCUT2D eigenvalue weighted by Gasteiger charge is -2.06. The highest BCUT2D eigenvalue weighted by Gasteiger charge is 2.03. The summed E-state index contributed by atoms with van der Waals surface area (Å²) in [5, 5.41) is 6.53. The number of hydrogen-bond donors (Lipinski definition) is 1. The number of oxime groups is 1. The molecule has 0 fully saturated rings. The molecule has 1 N–H and O–H groups in total. The molecule has 0 aromatic heterocycles. The summed E-state index contributed by atoms with van der Waals surface area (Å²) in [6, 6.07) is 17.1. The maximum Gasteiger partial charge on any atom is 0.265 e. The van der Waals surface area contributed by atoms with E-state index in [0.29, 0.717) is 0 Å². The Kier molecular flexibility index (Phi) is 4.89. The fraction of sp³-hybridized carbons (Fsp3) is 0.125. The molecule has 102 valence electrons. The quantitative estimate of drug-likeness (QED) is 0.669. The zero-order valence-electron chi connectivity index (χ0n) is 11.2. The summed E-state index contributed by atoms with van der Waals surface area (Å²) in [7, 11) is 0. The van der Waals surface area contributed by atoms with Crippen LogP contribution in [0.1, 0.15) is 11.1 Å². The van der Waals surface area contributed by atoms with Crippen molar-refractivity contribution < 1.29 is 9.63 Å². The summed E-state index contributed by atoms with van der Waals surface area (Å²) in [6.45, 7) is 1.82. The van der Waals surface area contributed by atoms with Gasteiger partial charge in [0.1, 0.15) is 0 Å². The molecule has 0 spiro atoms. The molecule has 0 atom stereocenters. The number of aryl methyl sites for hydroxylation is 1. The van der Waals surface area contributed by atoms with Gasteiger partial charge >= 0.3 is 0 Å². The van der Waals surface area contributed by atoms with Crippen LogP contribution >= 0.6 is 0 Å². The van der Waals surface area contributed by atoms with Crippen molar-refractivity contribution in [3.05, 3.63) is 65.7 Å². The Hall–Kier alpha value is -2.62. The fourth-order valence-electron chi connectivity index (χ4n) is 1.63. The van der Waals surface area contributed by atoms with Gasteiger partial charge in [-0.05, 0) is 24.1 Å². The number of para-hydroxylation sites is 1. The first-order valence-corrected chi connectivity index (χ1v) is 6.31. The molecule has 0 aliphatic heterocycles. The molecule has 4 nitrogen and oxygen atoms in total. The molecule has 2 rings (SSSR count).